The molecule has 1 unspecified atom stereocenters. The Morgan fingerprint density at radius 1 is 0.608 bits per heavy atom. The summed E-state index contributed by atoms with van der Waals surface area (Å²) in [4.78, 5) is 34.7. The Morgan fingerprint density at radius 3 is 1.71 bits per heavy atom. The summed E-state index contributed by atoms with van der Waals surface area (Å²) in [6.45, 7) is 3.52. The second-order valence-corrected chi connectivity index (χ2v) is 14.3. The highest BCUT2D eigenvalue weighted by Crippen LogP contribution is 2.43. The van der Waals surface area contributed by atoms with Crippen molar-refractivity contribution in [2.45, 2.75) is 161 Å². The lowest BCUT2D eigenvalue weighted by Crippen LogP contribution is -2.29. The number of nitrogens with two attached hydrogens (primary N) is 1. The number of allylic oxidation sites excluding steroid dienone is 10. The summed E-state index contributed by atoms with van der Waals surface area (Å²) >= 11 is 0. The van der Waals surface area contributed by atoms with Gasteiger partial charge in [0, 0.05) is 19.4 Å². The number of hydrogen-bond donors (Lipinski definition) is 2. The minimum Gasteiger partial charge on any atom is -0.462 e. The number of carbonyl (C=O) groups is 2. The Kier molecular flexibility index (Phi) is 35.8. The number of rotatable bonds is 36. The van der Waals surface area contributed by atoms with Crippen LogP contribution in [-0.2, 0) is 32.7 Å². The van der Waals surface area contributed by atoms with Gasteiger partial charge in [-0.1, -0.05) is 145 Å². The summed E-state index contributed by atoms with van der Waals surface area (Å²) in [5.41, 5.74) is 5.33. The van der Waals surface area contributed by atoms with E-state index in [1.807, 2.05) is 30.4 Å². The predicted octanol–water partition coefficient (Wildman–Crippen LogP) is 10.9. The van der Waals surface area contributed by atoms with Crippen LogP contribution in [0, 0.1) is 0 Å². The van der Waals surface area contributed by atoms with E-state index in [9.17, 15) is 19.0 Å². The van der Waals surface area contributed by atoms with Gasteiger partial charge in [0.2, 0.25) is 0 Å². The highest BCUT2D eigenvalue weighted by Gasteiger charge is 2.25. The normalized spacial score (nSPS) is 14.0. The maximum absolute atomic E-state index is 12.5. The fraction of sp³-hybridized carbons (Fsp3) is 0.707. The lowest BCUT2D eigenvalue weighted by molar-refractivity contribution is -0.161. The van der Waals surface area contributed by atoms with E-state index < -0.39 is 32.5 Å². The van der Waals surface area contributed by atoms with Crippen LogP contribution >= 0.6 is 7.82 Å². The number of phosphoric acid groups is 1. The van der Waals surface area contributed by atoms with E-state index in [2.05, 4.69) is 44.2 Å². The van der Waals surface area contributed by atoms with E-state index in [-0.39, 0.29) is 32.6 Å². The van der Waals surface area contributed by atoms with Crippen molar-refractivity contribution >= 4 is 19.8 Å². The Morgan fingerprint density at radius 2 is 1.10 bits per heavy atom. The predicted molar refractivity (Wildman–Crippen MR) is 210 cm³/mol. The Labute approximate surface area is 310 Å². The summed E-state index contributed by atoms with van der Waals surface area (Å²) < 4.78 is 32.6. The molecule has 2 atom stereocenters. The third-order valence-electron chi connectivity index (χ3n) is 7.98. The fourth-order valence-electron chi connectivity index (χ4n) is 5.05. The molecule has 0 rings (SSSR count). The SMILES string of the molecule is CC/C=C/C=C/C=C/C=C/CCCCCCCC(=O)OC[C@H](COP(=O)(O)OCCN)OC(=O)CCCC/C=C/CCCCCCCCCCC. The van der Waals surface area contributed by atoms with Crippen molar-refractivity contribution in [3.8, 4) is 0 Å². The zero-order valence-corrected chi connectivity index (χ0v) is 33.0. The molecule has 0 radical (unpaired) electrons. The van der Waals surface area contributed by atoms with Crippen LogP contribution in [0.4, 0.5) is 0 Å². The summed E-state index contributed by atoms with van der Waals surface area (Å²) in [5, 5.41) is 0. The van der Waals surface area contributed by atoms with E-state index >= 15 is 0 Å². The number of ether oxygens (including phenoxy) is 2. The van der Waals surface area contributed by atoms with Crippen molar-refractivity contribution in [1.29, 1.82) is 0 Å². The summed E-state index contributed by atoms with van der Waals surface area (Å²) in [7, 11) is -4.39. The summed E-state index contributed by atoms with van der Waals surface area (Å²) in [5.74, 6) is -0.887. The highest BCUT2D eigenvalue weighted by molar-refractivity contribution is 7.47. The van der Waals surface area contributed by atoms with Gasteiger partial charge in [0.05, 0.1) is 13.2 Å². The molecule has 10 heteroatoms. The molecule has 51 heavy (non-hydrogen) atoms. The third-order valence-corrected chi connectivity index (χ3v) is 8.97. The first-order valence-electron chi connectivity index (χ1n) is 19.8. The molecule has 0 amide bonds. The van der Waals surface area contributed by atoms with Crippen LogP contribution in [0.15, 0.2) is 60.8 Å². The van der Waals surface area contributed by atoms with E-state index in [1.165, 1.54) is 57.8 Å². The van der Waals surface area contributed by atoms with Crippen molar-refractivity contribution in [1.82, 2.24) is 0 Å². The maximum atomic E-state index is 12.5. The van der Waals surface area contributed by atoms with Gasteiger partial charge in [-0.15, -0.1) is 0 Å². The van der Waals surface area contributed by atoms with Gasteiger partial charge in [0.25, 0.3) is 0 Å². The van der Waals surface area contributed by atoms with E-state index in [0.29, 0.717) is 12.8 Å². The van der Waals surface area contributed by atoms with Crippen molar-refractivity contribution in [3.63, 3.8) is 0 Å². The monoisotopic (exact) mass is 737 g/mol. The lowest BCUT2D eigenvalue weighted by Gasteiger charge is -2.19. The second-order valence-electron chi connectivity index (χ2n) is 12.9. The Bertz CT molecular complexity index is 1020. The van der Waals surface area contributed by atoms with Crippen molar-refractivity contribution < 1.29 is 37.6 Å². The summed E-state index contributed by atoms with van der Waals surface area (Å²) in [6.07, 6.45) is 42.5. The minimum atomic E-state index is -4.39. The zero-order chi connectivity index (χ0) is 37.5. The molecule has 0 spiro atoms. The molecule has 0 saturated heterocycles. The van der Waals surface area contributed by atoms with Gasteiger partial charge in [-0.25, -0.2) is 4.57 Å². The Hall–Kier alpha value is -2.29. The maximum Gasteiger partial charge on any atom is 0.472 e. The second kappa shape index (κ2) is 37.5. The molecule has 0 aliphatic carbocycles. The highest BCUT2D eigenvalue weighted by atomic mass is 31.2. The van der Waals surface area contributed by atoms with Gasteiger partial charge in [-0.3, -0.25) is 18.6 Å². The molecule has 0 aliphatic heterocycles. The summed E-state index contributed by atoms with van der Waals surface area (Å²) in [6, 6.07) is 0. The molecule has 0 heterocycles. The average molecular weight is 738 g/mol. The smallest absolute Gasteiger partial charge is 0.462 e. The van der Waals surface area contributed by atoms with Gasteiger partial charge in [0.15, 0.2) is 6.10 Å². The molecule has 3 N–H and O–H groups in total. The minimum absolute atomic E-state index is 0.0443. The molecule has 9 nitrogen and oxygen atoms in total. The van der Waals surface area contributed by atoms with E-state index in [0.717, 1.165) is 57.8 Å². The van der Waals surface area contributed by atoms with E-state index in [1.54, 1.807) is 0 Å². The van der Waals surface area contributed by atoms with Crippen molar-refractivity contribution in [3.05, 3.63) is 60.8 Å². The molecule has 294 valence electrons. The molecule has 0 fully saturated rings. The first-order valence-corrected chi connectivity index (χ1v) is 21.3. The first-order chi connectivity index (χ1) is 24.8. The number of carbonyl (C=O) groups excluding carboxylic acids is 2. The van der Waals surface area contributed by atoms with Gasteiger partial charge in [0.1, 0.15) is 6.61 Å². The number of hydrogen-bond acceptors (Lipinski definition) is 8. The van der Waals surface area contributed by atoms with Crippen LogP contribution < -0.4 is 5.73 Å². The van der Waals surface area contributed by atoms with Crippen LogP contribution in [0.1, 0.15) is 155 Å². The van der Waals surface area contributed by atoms with Crippen LogP contribution in [0.5, 0.6) is 0 Å². The first kappa shape index (κ1) is 48.7. The lowest BCUT2D eigenvalue weighted by atomic mass is 10.1. The van der Waals surface area contributed by atoms with E-state index in [4.69, 9.17) is 24.3 Å². The van der Waals surface area contributed by atoms with Crippen LogP contribution in [0.25, 0.3) is 0 Å². The number of unbranched alkanes of at least 4 members (excludes halogenated alkanes) is 16. The average Bonchev–Trinajstić information content (AvgIpc) is 3.11. The molecule has 0 aromatic heterocycles. The van der Waals surface area contributed by atoms with Crippen LogP contribution in [-0.4, -0.2) is 49.3 Å². The molecule has 0 aliphatic rings. The van der Waals surface area contributed by atoms with Gasteiger partial charge >= 0.3 is 19.8 Å². The molecule has 0 bridgehead atoms. The van der Waals surface area contributed by atoms with Gasteiger partial charge in [-0.05, 0) is 57.8 Å². The molecule has 0 aromatic rings. The zero-order valence-electron chi connectivity index (χ0n) is 32.1. The number of esters is 2. The molecular formula is C41H72NO8P. The topological polar surface area (TPSA) is 134 Å². The third kappa shape index (κ3) is 37.3. The van der Waals surface area contributed by atoms with Gasteiger partial charge in [-0.2, -0.15) is 0 Å². The Balaban J connectivity index is 4.29. The fourth-order valence-corrected chi connectivity index (χ4v) is 5.81. The van der Waals surface area contributed by atoms with Crippen molar-refractivity contribution in [2.24, 2.45) is 5.73 Å². The molecule has 0 aromatic carbocycles. The van der Waals surface area contributed by atoms with Crippen LogP contribution in [0.3, 0.4) is 0 Å². The quantitative estimate of drug-likeness (QED) is 0.0212. The standard InChI is InChI=1S/C41H72NO8P/c1-3-5-7-9-11-13-15-17-19-21-23-25-27-29-31-33-40(43)47-37-39(38-49-51(45,46)48-36-35-42)50-41(44)34-32-30-28-26-24-22-20-18-16-14-12-10-8-6-4-2/h5,7,9,11,13,15,17,19,24,26,39H,3-4,6,8,10,12,14,16,18,20-23,25,27-38,42H2,1-2H3,(H,45,46)/b7-5+,11-9+,15-13+,19-17+,26-24+/t39-/m1/s1. The largest absolute Gasteiger partial charge is 0.472 e. The molecule has 0 saturated carbocycles. The molecular weight excluding hydrogens is 665 g/mol. The van der Waals surface area contributed by atoms with Crippen molar-refractivity contribution in [2.75, 3.05) is 26.4 Å². The van der Waals surface area contributed by atoms with Gasteiger partial charge < -0.3 is 20.1 Å². The van der Waals surface area contributed by atoms with Crippen LogP contribution in [0.2, 0.25) is 0 Å². The number of phosphoric ester groups is 1.